The Morgan fingerprint density at radius 3 is 1.81 bits per heavy atom. The van der Waals surface area contributed by atoms with Crippen molar-refractivity contribution in [3.05, 3.63) is 90.0 Å². The molecule has 0 spiro atoms. The number of unbranched alkanes of at least 4 members (excludes halogenated alkanes) is 9. The molecular formula is C29H41N2+. The zero-order chi connectivity index (χ0) is 21.6. The number of aromatic nitrogens is 2. The van der Waals surface area contributed by atoms with E-state index in [4.69, 9.17) is 0 Å². The second-order valence-electron chi connectivity index (χ2n) is 8.87. The van der Waals surface area contributed by atoms with Gasteiger partial charge in [-0.05, 0) is 24.0 Å². The molecule has 3 rings (SSSR count). The van der Waals surface area contributed by atoms with Crippen LogP contribution in [0.2, 0.25) is 0 Å². The van der Waals surface area contributed by atoms with Crippen LogP contribution >= 0.6 is 0 Å². The van der Waals surface area contributed by atoms with Crippen LogP contribution in [0.1, 0.15) is 88.1 Å². The zero-order valence-corrected chi connectivity index (χ0v) is 19.5. The minimum absolute atomic E-state index is 0.939. The van der Waals surface area contributed by atoms with Crippen LogP contribution in [0.3, 0.4) is 0 Å². The Labute approximate surface area is 190 Å². The van der Waals surface area contributed by atoms with Crippen molar-refractivity contribution in [2.45, 2.75) is 90.6 Å². The van der Waals surface area contributed by atoms with E-state index in [9.17, 15) is 0 Å². The van der Waals surface area contributed by atoms with Crippen molar-refractivity contribution in [2.75, 3.05) is 0 Å². The van der Waals surface area contributed by atoms with Gasteiger partial charge in [0.25, 0.3) is 5.82 Å². The van der Waals surface area contributed by atoms with Crippen LogP contribution < -0.4 is 4.57 Å². The van der Waals surface area contributed by atoms with E-state index in [1.165, 1.54) is 81.2 Å². The van der Waals surface area contributed by atoms with Gasteiger partial charge in [0.15, 0.2) is 0 Å². The van der Waals surface area contributed by atoms with Crippen molar-refractivity contribution in [3.8, 4) is 0 Å². The van der Waals surface area contributed by atoms with Gasteiger partial charge in [0, 0.05) is 0 Å². The molecule has 0 bridgehead atoms. The second kappa shape index (κ2) is 13.9. The average molecular weight is 418 g/mol. The van der Waals surface area contributed by atoms with Crippen LogP contribution in [0.15, 0.2) is 73.1 Å². The van der Waals surface area contributed by atoms with Crippen LogP contribution in [0.5, 0.6) is 0 Å². The maximum absolute atomic E-state index is 2.49. The fraction of sp³-hybridized carbons (Fsp3) is 0.483. The molecule has 0 saturated carbocycles. The first-order valence-corrected chi connectivity index (χ1v) is 12.5. The van der Waals surface area contributed by atoms with E-state index in [0.29, 0.717) is 0 Å². The first-order chi connectivity index (χ1) is 15.4. The van der Waals surface area contributed by atoms with Crippen molar-refractivity contribution in [1.82, 2.24) is 4.57 Å². The van der Waals surface area contributed by atoms with Gasteiger partial charge < -0.3 is 0 Å². The van der Waals surface area contributed by atoms with Crippen LogP contribution in [0.4, 0.5) is 0 Å². The molecule has 0 aliphatic rings. The van der Waals surface area contributed by atoms with Gasteiger partial charge in [0.2, 0.25) is 0 Å². The van der Waals surface area contributed by atoms with Crippen LogP contribution in [0, 0.1) is 0 Å². The molecule has 31 heavy (non-hydrogen) atoms. The van der Waals surface area contributed by atoms with E-state index in [-0.39, 0.29) is 0 Å². The Hall–Kier alpha value is -2.35. The van der Waals surface area contributed by atoms with Crippen molar-refractivity contribution < 1.29 is 4.57 Å². The summed E-state index contributed by atoms with van der Waals surface area (Å²) in [6.45, 7) is 4.35. The smallest absolute Gasteiger partial charge is 0.234 e. The fourth-order valence-electron chi connectivity index (χ4n) is 4.38. The number of hydrogen-bond donors (Lipinski definition) is 0. The minimum atomic E-state index is 0.939. The lowest BCUT2D eigenvalue weighted by Gasteiger charge is -2.07. The lowest BCUT2D eigenvalue weighted by atomic mass is 10.1. The molecule has 0 saturated heterocycles. The Balaban J connectivity index is 1.51. The SMILES string of the molecule is CCCCCCCCCCCC[n+]1ccn(Cc2ccccc2)c1Cc1ccccc1. The first kappa shape index (κ1) is 23.3. The lowest BCUT2D eigenvalue weighted by Crippen LogP contribution is -2.37. The van der Waals surface area contributed by atoms with Crippen molar-refractivity contribution in [1.29, 1.82) is 0 Å². The quantitative estimate of drug-likeness (QED) is 0.181. The molecule has 2 aromatic carbocycles. The highest BCUT2D eigenvalue weighted by Crippen LogP contribution is 2.12. The zero-order valence-electron chi connectivity index (χ0n) is 19.5. The summed E-state index contributed by atoms with van der Waals surface area (Å²) in [5, 5.41) is 0. The van der Waals surface area contributed by atoms with Crippen LogP contribution in [0.25, 0.3) is 0 Å². The Morgan fingerprint density at radius 2 is 1.19 bits per heavy atom. The third-order valence-corrected chi connectivity index (χ3v) is 6.24. The van der Waals surface area contributed by atoms with E-state index in [1.54, 1.807) is 0 Å². The maximum Gasteiger partial charge on any atom is 0.261 e. The fourth-order valence-corrected chi connectivity index (χ4v) is 4.38. The Bertz CT molecular complexity index is 836. The molecule has 3 aromatic rings. The summed E-state index contributed by atoms with van der Waals surface area (Å²) in [7, 11) is 0. The van der Waals surface area contributed by atoms with Crippen molar-refractivity contribution in [3.63, 3.8) is 0 Å². The predicted molar refractivity (Wildman–Crippen MR) is 131 cm³/mol. The largest absolute Gasteiger partial charge is 0.261 e. The molecular weight excluding hydrogens is 376 g/mol. The highest BCUT2D eigenvalue weighted by atomic mass is 15.1. The molecule has 2 nitrogen and oxygen atoms in total. The maximum atomic E-state index is 2.49. The van der Waals surface area contributed by atoms with Crippen molar-refractivity contribution in [2.24, 2.45) is 0 Å². The number of imidazole rings is 1. The van der Waals surface area contributed by atoms with Gasteiger partial charge in [-0.15, -0.1) is 0 Å². The first-order valence-electron chi connectivity index (χ1n) is 12.5. The summed E-state index contributed by atoms with van der Waals surface area (Å²) < 4.78 is 4.92. The molecule has 1 heterocycles. The molecule has 0 N–H and O–H groups in total. The summed E-state index contributed by atoms with van der Waals surface area (Å²) in [6, 6.07) is 21.7. The van der Waals surface area contributed by atoms with Crippen LogP contribution in [-0.4, -0.2) is 4.57 Å². The van der Waals surface area contributed by atoms with E-state index in [2.05, 4.69) is 89.1 Å². The van der Waals surface area contributed by atoms with E-state index in [1.807, 2.05) is 0 Å². The average Bonchev–Trinajstić information content (AvgIpc) is 3.17. The van der Waals surface area contributed by atoms with E-state index < -0.39 is 0 Å². The monoisotopic (exact) mass is 417 g/mol. The number of nitrogens with zero attached hydrogens (tertiary/aromatic N) is 2. The highest BCUT2D eigenvalue weighted by Gasteiger charge is 2.17. The molecule has 0 aliphatic carbocycles. The summed E-state index contributed by atoms with van der Waals surface area (Å²) >= 11 is 0. The summed E-state index contributed by atoms with van der Waals surface area (Å²) in [6.07, 6.45) is 19.4. The van der Waals surface area contributed by atoms with Gasteiger partial charge in [-0.3, -0.25) is 0 Å². The molecule has 166 valence electrons. The third kappa shape index (κ3) is 8.36. The van der Waals surface area contributed by atoms with E-state index in [0.717, 1.165) is 19.5 Å². The van der Waals surface area contributed by atoms with Gasteiger partial charge in [-0.1, -0.05) is 119 Å². The molecule has 0 unspecified atom stereocenters. The van der Waals surface area contributed by atoms with E-state index >= 15 is 0 Å². The highest BCUT2D eigenvalue weighted by molar-refractivity contribution is 5.19. The van der Waals surface area contributed by atoms with Gasteiger partial charge in [-0.2, -0.15) is 0 Å². The molecule has 1 aromatic heterocycles. The Kier molecular flexibility index (Phi) is 10.4. The number of hydrogen-bond acceptors (Lipinski definition) is 0. The van der Waals surface area contributed by atoms with Crippen LogP contribution in [-0.2, 0) is 19.5 Å². The molecule has 0 amide bonds. The predicted octanol–water partition coefficient (Wildman–Crippen LogP) is 7.34. The molecule has 0 fully saturated rings. The normalized spacial score (nSPS) is 11.1. The van der Waals surface area contributed by atoms with Gasteiger partial charge in [-0.25, -0.2) is 9.13 Å². The third-order valence-electron chi connectivity index (χ3n) is 6.24. The van der Waals surface area contributed by atoms with Gasteiger partial charge in [0.05, 0.1) is 13.0 Å². The van der Waals surface area contributed by atoms with Crippen molar-refractivity contribution >= 4 is 0 Å². The second-order valence-corrected chi connectivity index (χ2v) is 8.87. The summed E-state index contributed by atoms with van der Waals surface area (Å²) in [5.74, 6) is 1.41. The molecule has 0 radical (unpaired) electrons. The summed E-state index contributed by atoms with van der Waals surface area (Å²) in [4.78, 5) is 0. The molecule has 2 heteroatoms. The lowest BCUT2D eigenvalue weighted by molar-refractivity contribution is -0.703. The van der Waals surface area contributed by atoms with Gasteiger partial charge in [0.1, 0.15) is 18.9 Å². The summed E-state index contributed by atoms with van der Waals surface area (Å²) in [5.41, 5.74) is 2.74. The topological polar surface area (TPSA) is 8.81 Å². The molecule has 0 atom stereocenters. The van der Waals surface area contributed by atoms with Gasteiger partial charge >= 0.3 is 0 Å². The standard InChI is InChI=1S/C29H41N2/c1-2-3-4-5-6-7-8-9-10-17-22-30-23-24-31(26-28-20-15-12-16-21-28)29(30)25-27-18-13-11-14-19-27/h11-16,18-21,23-24H,2-10,17,22,25-26H2,1H3/q+1. The Morgan fingerprint density at radius 1 is 0.645 bits per heavy atom. The molecule has 0 aliphatic heterocycles. The number of aryl methyl sites for hydroxylation is 1. The number of benzene rings is 2. The number of rotatable bonds is 15. The minimum Gasteiger partial charge on any atom is -0.234 e.